The van der Waals surface area contributed by atoms with Crippen LogP contribution in [-0.2, 0) is 10.0 Å². The van der Waals surface area contributed by atoms with Crippen molar-refractivity contribution in [2.24, 2.45) is 0 Å². The van der Waals surface area contributed by atoms with Crippen LogP contribution >= 0.6 is 0 Å². The first-order chi connectivity index (χ1) is 9.95. The molecule has 1 N–H and O–H groups in total. The number of hydrogen-bond donors (Lipinski definition) is 1. The molecule has 1 aliphatic rings. The van der Waals surface area contributed by atoms with Crippen molar-refractivity contribution in [3.8, 4) is 0 Å². The zero-order valence-corrected chi connectivity index (χ0v) is 13.3. The standard InChI is InChI=1S/C15H22N2O3S/c1-3-4-10-17(2)21(19,20)14-7-5-6-12(11-14)15(18)16-13-8-9-13/h5-7,11,13H,3-4,8-10H2,1-2H3,(H,16,18). The molecule has 0 spiro atoms. The average molecular weight is 310 g/mol. The molecule has 0 bridgehead atoms. The smallest absolute Gasteiger partial charge is 0.251 e. The van der Waals surface area contributed by atoms with Crippen molar-refractivity contribution < 1.29 is 13.2 Å². The molecule has 2 rings (SSSR count). The lowest BCUT2D eigenvalue weighted by Gasteiger charge is -2.17. The number of nitrogens with zero attached hydrogens (tertiary/aromatic N) is 1. The van der Waals surface area contributed by atoms with E-state index >= 15 is 0 Å². The highest BCUT2D eigenvalue weighted by Gasteiger charge is 2.25. The summed E-state index contributed by atoms with van der Waals surface area (Å²) in [5, 5.41) is 2.86. The van der Waals surface area contributed by atoms with Gasteiger partial charge in [-0.1, -0.05) is 19.4 Å². The molecule has 0 aromatic heterocycles. The van der Waals surface area contributed by atoms with Gasteiger partial charge in [0.15, 0.2) is 0 Å². The molecule has 1 aliphatic carbocycles. The molecule has 0 heterocycles. The fraction of sp³-hybridized carbons (Fsp3) is 0.533. The van der Waals surface area contributed by atoms with Gasteiger partial charge in [0, 0.05) is 25.2 Å². The van der Waals surface area contributed by atoms with Gasteiger partial charge in [-0.05, 0) is 37.5 Å². The molecule has 6 heteroatoms. The highest BCUT2D eigenvalue weighted by atomic mass is 32.2. The van der Waals surface area contributed by atoms with Gasteiger partial charge in [-0.25, -0.2) is 12.7 Å². The third-order valence-corrected chi connectivity index (χ3v) is 5.40. The van der Waals surface area contributed by atoms with E-state index in [9.17, 15) is 13.2 Å². The van der Waals surface area contributed by atoms with E-state index in [4.69, 9.17) is 0 Å². The fourth-order valence-corrected chi connectivity index (χ4v) is 3.23. The number of nitrogens with one attached hydrogen (secondary N) is 1. The lowest BCUT2D eigenvalue weighted by molar-refractivity contribution is 0.0951. The van der Waals surface area contributed by atoms with Gasteiger partial charge in [-0.15, -0.1) is 0 Å². The van der Waals surface area contributed by atoms with Crippen molar-refractivity contribution in [1.29, 1.82) is 0 Å². The maximum absolute atomic E-state index is 12.4. The monoisotopic (exact) mass is 310 g/mol. The van der Waals surface area contributed by atoms with Crippen LogP contribution in [0.15, 0.2) is 29.2 Å². The summed E-state index contributed by atoms with van der Waals surface area (Å²) in [7, 11) is -1.96. The first-order valence-electron chi connectivity index (χ1n) is 7.32. The van der Waals surface area contributed by atoms with E-state index in [1.807, 2.05) is 6.92 Å². The van der Waals surface area contributed by atoms with E-state index in [-0.39, 0.29) is 16.8 Å². The van der Waals surface area contributed by atoms with Crippen LogP contribution in [0.25, 0.3) is 0 Å². The van der Waals surface area contributed by atoms with Gasteiger partial charge in [-0.2, -0.15) is 0 Å². The minimum absolute atomic E-state index is 0.171. The van der Waals surface area contributed by atoms with Crippen LogP contribution in [0.5, 0.6) is 0 Å². The molecule has 0 radical (unpaired) electrons. The van der Waals surface area contributed by atoms with Crippen LogP contribution in [0.1, 0.15) is 43.0 Å². The number of sulfonamides is 1. The van der Waals surface area contributed by atoms with E-state index in [1.54, 1.807) is 19.2 Å². The molecule has 1 aromatic rings. The van der Waals surface area contributed by atoms with Gasteiger partial charge in [0.1, 0.15) is 0 Å². The Hall–Kier alpha value is -1.40. The Kier molecular flexibility index (Phi) is 5.00. The second-order valence-corrected chi connectivity index (χ2v) is 7.50. The zero-order valence-electron chi connectivity index (χ0n) is 12.5. The van der Waals surface area contributed by atoms with Crippen molar-refractivity contribution >= 4 is 15.9 Å². The summed E-state index contributed by atoms with van der Waals surface area (Å²) in [5.74, 6) is -0.203. The number of amides is 1. The second-order valence-electron chi connectivity index (χ2n) is 5.46. The average Bonchev–Trinajstić information content (AvgIpc) is 3.28. The summed E-state index contributed by atoms with van der Waals surface area (Å²) in [6.45, 7) is 2.50. The quantitative estimate of drug-likeness (QED) is 0.837. The van der Waals surface area contributed by atoms with E-state index in [0.29, 0.717) is 12.1 Å². The van der Waals surface area contributed by atoms with Gasteiger partial charge in [0.2, 0.25) is 10.0 Å². The maximum atomic E-state index is 12.4. The predicted molar refractivity (Wildman–Crippen MR) is 81.7 cm³/mol. The highest BCUT2D eigenvalue weighted by molar-refractivity contribution is 7.89. The van der Waals surface area contributed by atoms with Crippen LogP contribution in [0.4, 0.5) is 0 Å². The molecule has 0 unspecified atom stereocenters. The molecule has 5 nitrogen and oxygen atoms in total. The van der Waals surface area contributed by atoms with Crippen LogP contribution in [0.2, 0.25) is 0 Å². The van der Waals surface area contributed by atoms with Crippen molar-refractivity contribution in [3.05, 3.63) is 29.8 Å². The molecule has 1 aromatic carbocycles. The van der Waals surface area contributed by atoms with E-state index in [2.05, 4.69) is 5.32 Å². The molecule has 0 saturated heterocycles. The lowest BCUT2D eigenvalue weighted by Crippen LogP contribution is -2.29. The first-order valence-corrected chi connectivity index (χ1v) is 8.76. The molecular weight excluding hydrogens is 288 g/mol. The second kappa shape index (κ2) is 6.58. The summed E-state index contributed by atoms with van der Waals surface area (Å²) >= 11 is 0. The predicted octanol–water partition coefficient (Wildman–Crippen LogP) is 2.00. The van der Waals surface area contributed by atoms with Crippen molar-refractivity contribution in [2.45, 2.75) is 43.5 Å². The normalized spacial score (nSPS) is 15.2. The van der Waals surface area contributed by atoms with Crippen LogP contribution < -0.4 is 5.32 Å². The zero-order chi connectivity index (χ0) is 15.5. The molecular formula is C15H22N2O3S. The Morgan fingerprint density at radius 1 is 1.38 bits per heavy atom. The Morgan fingerprint density at radius 3 is 2.71 bits per heavy atom. The van der Waals surface area contributed by atoms with Crippen LogP contribution in [0, 0.1) is 0 Å². The largest absolute Gasteiger partial charge is 0.349 e. The van der Waals surface area contributed by atoms with Crippen LogP contribution in [0.3, 0.4) is 0 Å². The summed E-state index contributed by atoms with van der Waals surface area (Å²) < 4.78 is 26.2. The fourth-order valence-electron chi connectivity index (χ4n) is 1.98. The van der Waals surface area contributed by atoms with Gasteiger partial charge in [0.05, 0.1) is 4.90 Å². The molecule has 21 heavy (non-hydrogen) atoms. The first kappa shape index (κ1) is 16.0. The van der Waals surface area contributed by atoms with Crippen LogP contribution in [-0.4, -0.2) is 38.3 Å². The third kappa shape index (κ3) is 4.04. The lowest BCUT2D eigenvalue weighted by atomic mass is 10.2. The molecule has 0 aliphatic heterocycles. The molecule has 116 valence electrons. The van der Waals surface area contributed by atoms with Crippen molar-refractivity contribution in [2.75, 3.05) is 13.6 Å². The van der Waals surface area contributed by atoms with Crippen molar-refractivity contribution in [1.82, 2.24) is 9.62 Å². The summed E-state index contributed by atoms with van der Waals surface area (Å²) in [6, 6.07) is 6.50. The van der Waals surface area contributed by atoms with E-state index in [1.165, 1.54) is 16.4 Å². The Balaban J connectivity index is 2.16. The molecule has 1 amide bonds. The van der Waals surface area contributed by atoms with Gasteiger partial charge < -0.3 is 5.32 Å². The number of rotatable bonds is 7. The summed E-state index contributed by atoms with van der Waals surface area (Å²) in [6.07, 6.45) is 3.76. The molecule has 0 atom stereocenters. The van der Waals surface area contributed by atoms with Gasteiger partial charge in [0.25, 0.3) is 5.91 Å². The number of benzene rings is 1. The van der Waals surface area contributed by atoms with Gasteiger partial charge in [-0.3, -0.25) is 4.79 Å². The van der Waals surface area contributed by atoms with E-state index < -0.39 is 10.0 Å². The molecule has 1 fully saturated rings. The number of carbonyl (C=O) groups is 1. The summed E-state index contributed by atoms with van der Waals surface area (Å²) in [4.78, 5) is 12.2. The number of carbonyl (C=O) groups excluding carboxylic acids is 1. The topological polar surface area (TPSA) is 66.5 Å². The number of unbranched alkanes of at least 4 members (excludes halogenated alkanes) is 1. The SMILES string of the molecule is CCCCN(C)S(=O)(=O)c1cccc(C(=O)NC2CC2)c1. The maximum Gasteiger partial charge on any atom is 0.251 e. The molecule has 1 saturated carbocycles. The number of hydrogen-bond acceptors (Lipinski definition) is 3. The third-order valence-electron chi connectivity index (χ3n) is 3.54. The van der Waals surface area contributed by atoms with E-state index in [0.717, 1.165) is 25.7 Å². The minimum Gasteiger partial charge on any atom is -0.349 e. The van der Waals surface area contributed by atoms with Gasteiger partial charge >= 0.3 is 0 Å². The Bertz CT molecular complexity index is 609. The van der Waals surface area contributed by atoms with Crippen molar-refractivity contribution in [3.63, 3.8) is 0 Å². The Labute approximate surface area is 126 Å². The Morgan fingerprint density at radius 2 is 2.10 bits per heavy atom. The summed E-state index contributed by atoms with van der Waals surface area (Å²) in [5.41, 5.74) is 0.395. The minimum atomic E-state index is -3.53. The highest BCUT2D eigenvalue weighted by Crippen LogP contribution is 2.20.